The molecule has 0 spiro atoms. The zero-order valence-corrected chi connectivity index (χ0v) is 18.7. The first-order chi connectivity index (χ1) is 14.9. The van der Waals surface area contributed by atoms with Gasteiger partial charge in [-0.1, -0.05) is 68.4 Å². The minimum absolute atomic E-state index is 0.0235. The van der Waals surface area contributed by atoms with E-state index in [0.717, 1.165) is 17.7 Å². The van der Waals surface area contributed by atoms with Gasteiger partial charge in [0, 0.05) is 12.2 Å². The van der Waals surface area contributed by atoms with Gasteiger partial charge in [-0.3, -0.25) is 9.69 Å². The van der Waals surface area contributed by atoms with Crippen LogP contribution in [-0.4, -0.2) is 29.5 Å². The van der Waals surface area contributed by atoms with E-state index in [1.807, 2.05) is 30.1 Å². The molecule has 0 atom stereocenters. The summed E-state index contributed by atoms with van der Waals surface area (Å²) in [5, 5.41) is 9.67. The van der Waals surface area contributed by atoms with Gasteiger partial charge < -0.3 is 10.0 Å². The zero-order chi connectivity index (χ0) is 22.2. The average molecular weight is 417 g/mol. The summed E-state index contributed by atoms with van der Waals surface area (Å²) in [5.41, 5.74) is 4.35. The molecular formula is C27H32N2O2. The van der Waals surface area contributed by atoms with Crippen LogP contribution in [0.1, 0.15) is 30.5 Å². The van der Waals surface area contributed by atoms with Crippen LogP contribution in [0.4, 0.5) is 5.69 Å². The summed E-state index contributed by atoms with van der Waals surface area (Å²) in [5.74, 6) is 0.826. The topological polar surface area (TPSA) is 43.8 Å². The van der Waals surface area contributed by atoms with Crippen molar-refractivity contribution in [2.45, 2.75) is 33.4 Å². The summed E-state index contributed by atoms with van der Waals surface area (Å²) in [7, 11) is 1.96. The Morgan fingerprint density at radius 3 is 2.00 bits per heavy atom. The molecule has 0 heterocycles. The Balaban J connectivity index is 1.74. The summed E-state index contributed by atoms with van der Waals surface area (Å²) >= 11 is 0. The van der Waals surface area contributed by atoms with Gasteiger partial charge in [0.1, 0.15) is 5.75 Å². The van der Waals surface area contributed by atoms with E-state index >= 15 is 0 Å². The second-order valence-electron chi connectivity index (χ2n) is 8.57. The van der Waals surface area contributed by atoms with Crippen LogP contribution in [0.25, 0.3) is 0 Å². The predicted octanol–water partition coefficient (Wildman–Crippen LogP) is 5.26. The number of rotatable bonds is 9. The van der Waals surface area contributed by atoms with Crippen molar-refractivity contribution >= 4 is 11.6 Å². The van der Waals surface area contributed by atoms with Crippen molar-refractivity contribution in [2.24, 2.45) is 5.92 Å². The van der Waals surface area contributed by atoms with Gasteiger partial charge in [0.25, 0.3) is 0 Å². The lowest BCUT2D eigenvalue weighted by molar-refractivity contribution is -0.119. The van der Waals surface area contributed by atoms with Gasteiger partial charge in [-0.2, -0.15) is 0 Å². The molecule has 3 aromatic carbocycles. The zero-order valence-electron chi connectivity index (χ0n) is 18.7. The number of carbonyl (C=O) groups excluding carboxylic acids is 1. The molecule has 0 aliphatic rings. The third-order valence-electron chi connectivity index (χ3n) is 5.17. The fraction of sp³-hybridized carbons (Fsp3) is 0.296. The number of anilines is 1. The highest BCUT2D eigenvalue weighted by Gasteiger charge is 2.18. The molecule has 4 nitrogen and oxygen atoms in total. The molecule has 31 heavy (non-hydrogen) atoms. The molecule has 0 aliphatic carbocycles. The number of nitrogens with zero attached hydrogens (tertiary/aromatic N) is 2. The fourth-order valence-electron chi connectivity index (χ4n) is 3.66. The molecule has 0 bridgehead atoms. The summed E-state index contributed by atoms with van der Waals surface area (Å²) < 4.78 is 0. The number of hydrogen-bond donors (Lipinski definition) is 1. The van der Waals surface area contributed by atoms with E-state index in [0.29, 0.717) is 25.6 Å². The van der Waals surface area contributed by atoms with Crippen molar-refractivity contribution in [3.8, 4) is 5.75 Å². The highest BCUT2D eigenvalue weighted by Crippen LogP contribution is 2.22. The first-order valence-electron chi connectivity index (χ1n) is 10.8. The van der Waals surface area contributed by atoms with Crippen molar-refractivity contribution in [3.05, 3.63) is 95.6 Å². The number of carbonyl (C=O) groups is 1. The van der Waals surface area contributed by atoms with E-state index in [4.69, 9.17) is 0 Å². The van der Waals surface area contributed by atoms with Crippen molar-refractivity contribution in [2.75, 3.05) is 18.5 Å². The second kappa shape index (κ2) is 10.8. The normalized spacial score (nSPS) is 11.1. The van der Waals surface area contributed by atoms with Gasteiger partial charge in [0.15, 0.2) is 0 Å². The monoisotopic (exact) mass is 416 g/mol. The summed E-state index contributed by atoms with van der Waals surface area (Å²) in [6.07, 6.45) is 1.05. The Labute approximate surface area is 185 Å². The van der Waals surface area contributed by atoms with Gasteiger partial charge in [0.2, 0.25) is 5.91 Å². The lowest BCUT2D eigenvalue weighted by atomic mass is 10.0. The molecule has 0 radical (unpaired) electrons. The number of phenolic OH excluding ortho intramolecular Hbond substituents is 1. The summed E-state index contributed by atoms with van der Waals surface area (Å²) in [4.78, 5) is 17.1. The molecule has 0 saturated carbocycles. The van der Waals surface area contributed by atoms with Crippen LogP contribution in [0.5, 0.6) is 5.75 Å². The van der Waals surface area contributed by atoms with Gasteiger partial charge in [-0.05, 0) is 60.3 Å². The van der Waals surface area contributed by atoms with Crippen LogP contribution >= 0.6 is 0 Å². The first-order valence-corrected chi connectivity index (χ1v) is 10.8. The molecule has 162 valence electrons. The predicted molar refractivity (Wildman–Crippen MR) is 127 cm³/mol. The van der Waals surface area contributed by atoms with Crippen molar-refractivity contribution in [3.63, 3.8) is 0 Å². The van der Waals surface area contributed by atoms with E-state index in [1.165, 1.54) is 11.1 Å². The van der Waals surface area contributed by atoms with Gasteiger partial charge in [-0.15, -0.1) is 0 Å². The number of likely N-dealkylation sites (N-methyl/N-ethyl adjacent to an activating group) is 1. The van der Waals surface area contributed by atoms with Crippen LogP contribution in [0, 0.1) is 5.92 Å². The smallest absolute Gasteiger partial charge is 0.241 e. The third-order valence-corrected chi connectivity index (χ3v) is 5.17. The van der Waals surface area contributed by atoms with Gasteiger partial charge in [0.05, 0.1) is 13.1 Å². The Morgan fingerprint density at radius 2 is 1.39 bits per heavy atom. The van der Waals surface area contributed by atoms with Crippen LogP contribution < -0.4 is 4.90 Å². The quantitative estimate of drug-likeness (QED) is 0.518. The molecule has 0 fully saturated rings. The molecule has 3 rings (SSSR count). The number of benzene rings is 3. The van der Waals surface area contributed by atoms with Crippen molar-refractivity contribution in [1.29, 1.82) is 0 Å². The first kappa shape index (κ1) is 22.6. The molecule has 1 N–H and O–H groups in total. The summed E-state index contributed by atoms with van der Waals surface area (Å²) in [6.45, 7) is 5.93. The maximum atomic E-state index is 13.3. The van der Waals surface area contributed by atoms with Gasteiger partial charge >= 0.3 is 0 Å². The van der Waals surface area contributed by atoms with E-state index in [2.05, 4.69) is 50.2 Å². The standard InChI is InChI=1S/C27H32N2O2/c1-21(2)17-22-9-11-24(12-10-22)19-29(25-13-15-26(30)16-14-25)27(31)20-28(3)18-23-7-5-4-6-8-23/h4-16,21,30H,17-20H2,1-3H3. The molecule has 3 aromatic rings. The molecule has 0 aliphatic heterocycles. The minimum atomic E-state index is 0.0235. The van der Waals surface area contributed by atoms with E-state index in [9.17, 15) is 9.90 Å². The highest BCUT2D eigenvalue weighted by atomic mass is 16.3. The lowest BCUT2D eigenvalue weighted by Crippen LogP contribution is -2.38. The largest absolute Gasteiger partial charge is 0.508 e. The molecule has 4 heteroatoms. The molecule has 0 unspecified atom stereocenters. The maximum Gasteiger partial charge on any atom is 0.241 e. The van der Waals surface area contributed by atoms with E-state index < -0.39 is 0 Å². The molecule has 0 saturated heterocycles. The number of amides is 1. The van der Waals surface area contributed by atoms with Crippen LogP contribution in [0.15, 0.2) is 78.9 Å². The minimum Gasteiger partial charge on any atom is -0.508 e. The van der Waals surface area contributed by atoms with E-state index in [1.54, 1.807) is 29.2 Å². The Bertz CT molecular complexity index is 951. The number of aromatic hydroxyl groups is 1. The van der Waals surface area contributed by atoms with Crippen molar-refractivity contribution in [1.82, 2.24) is 4.90 Å². The molecular weight excluding hydrogens is 384 g/mol. The Hall–Kier alpha value is -3.11. The SMILES string of the molecule is CC(C)Cc1ccc(CN(C(=O)CN(C)Cc2ccccc2)c2ccc(O)cc2)cc1. The fourth-order valence-corrected chi connectivity index (χ4v) is 3.66. The second-order valence-corrected chi connectivity index (χ2v) is 8.57. The van der Waals surface area contributed by atoms with Crippen molar-refractivity contribution < 1.29 is 9.90 Å². The maximum absolute atomic E-state index is 13.3. The lowest BCUT2D eigenvalue weighted by Gasteiger charge is -2.26. The number of hydrogen-bond acceptors (Lipinski definition) is 3. The molecule has 0 aromatic heterocycles. The number of phenols is 1. The summed E-state index contributed by atoms with van der Waals surface area (Å²) in [6, 6.07) is 25.5. The van der Waals surface area contributed by atoms with Gasteiger partial charge in [-0.25, -0.2) is 0 Å². The Kier molecular flexibility index (Phi) is 7.85. The molecule has 1 amide bonds. The third kappa shape index (κ3) is 6.97. The van der Waals surface area contributed by atoms with Crippen LogP contribution in [-0.2, 0) is 24.3 Å². The highest BCUT2D eigenvalue weighted by molar-refractivity contribution is 5.94. The van der Waals surface area contributed by atoms with E-state index in [-0.39, 0.29) is 11.7 Å². The Morgan fingerprint density at radius 1 is 0.806 bits per heavy atom. The van der Waals surface area contributed by atoms with Crippen LogP contribution in [0.2, 0.25) is 0 Å². The van der Waals surface area contributed by atoms with Crippen LogP contribution in [0.3, 0.4) is 0 Å². The average Bonchev–Trinajstić information content (AvgIpc) is 2.74.